The lowest BCUT2D eigenvalue weighted by Gasteiger charge is -2.28. The van der Waals surface area contributed by atoms with E-state index in [0.717, 1.165) is 0 Å². The van der Waals surface area contributed by atoms with Gasteiger partial charge in [0, 0.05) is 0 Å². The molecule has 150 valence electrons. The fraction of sp³-hybridized carbons (Fsp3) is 0.929. The van der Waals surface area contributed by atoms with Crippen LogP contribution in [-0.2, 0) is 36.8 Å². The van der Waals surface area contributed by atoms with Crippen molar-refractivity contribution in [2.75, 3.05) is 52.2 Å². The van der Waals surface area contributed by atoms with Gasteiger partial charge >= 0.3 is 21.2 Å². The number of hydrogen-bond acceptors (Lipinski definition) is 9. The second-order valence-electron chi connectivity index (χ2n) is 4.81. The monoisotopic (exact) mass is 403 g/mol. The zero-order valence-corrected chi connectivity index (χ0v) is 17.6. The van der Waals surface area contributed by atoms with Gasteiger partial charge in [0.25, 0.3) is 0 Å². The Labute approximate surface area is 150 Å². The molecule has 0 spiro atoms. The SMILES string of the molecule is CCOC(=O)CN(CP(=O)(OCC)OCC)CP(=O)(OCC)OCC. The molecule has 0 aliphatic heterocycles. The highest BCUT2D eigenvalue weighted by atomic mass is 31.2. The summed E-state index contributed by atoms with van der Waals surface area (Å²) in [5, 5.41) is 0. The second-order valence-corrected chi connectivity index (χ2v) is 8.85. The number of carbonyl (C=O) groups excluding carboxylic acids is 1. The zero-order chi connectivity index (χ0) is 19.3. The van der Waals surface area contributed by atoms with Crippen LogP contribution >= 0.6 is 15.2 Å². The summed E-state index contributed by atoms with van der Waals surface area (Å²) < 4.78 is 51.4. The van der Waals surface area contributed by atoms with Crippen molar-refractivity contribution >= 4 is 21.2 Å². The van der Waals surface area contributed by atoms with Gasteiger partial charge in [0.15, 0.2) is 0 Å². The molecule has 0 radical (unpaired) electrons. The van der Waals surface area contributed by atoms with Gasteiger partial charge in [0.1, 0.15) is 12.6 Å². The minimum Gasteiger partial charge on any atom is -0.465 e. The van der Waals surface area contributed by atoms with Crippen LogP contribution in [0.25, 0.3) is 0 Å². The van der Waals surface area contributed by atoms with E-state index in [4.69, 9.17) is 22.8 Å². The standard InChI is InChI=1S/C14H31NO8P2/c1-6-19-14(16)11-15(12-24(17,20-7-2)21-8-3)13-25(18,22-9-4)23-10-5/h6-13H2,1-5H3. The lowest BCUT2D eigenvalue weighted by molar-refractivity contribution is -0.144. The average Bonchev–Trinajstić information content (AvgIpc) is 2.47. The summed E-state index contributed by atoms with van der Waals surface area (Å²) in [5.74, 6) is -0.540. The second kappa shape index (κ2) is 13.0. The van der Waals surface area contributed by atoms with E-state index in [-0.39, 0.29) is 52.2 Å². The fourth-order valence-electron chi connectivity index (χ4n) is 2.05. The van der Waals surface area contributed by atoms with Crippen molar-refractivity contribution in [3.63, 3.8) is 0 Å². The van der Waals surface area contributed by atoms with E-state index >= 15 is 0 Å². The zero-order valence-electron chi connectivity index (χ0n) is 15.8. The predicted octanol–water partition coefficient (Wildman–Crippen LogP) is 3.30. The van der Waals surface area contributed by atoms with Crippen LogP contribution in [0.15, 0.2) is 0 Å². The van der Waals surface area contributed by atoms with Crippen molar-refractivity contribution < 1.29 is 36.8 Å². The van der Waals surface area contributed by atoms with Crippen LogP contribution in [-0.4, -0.2) is 63.0 Å². The van der Waals surface area contributed by atoms with Crippen molar-refractivity contribution in [2.24, 2.45) is 0 Å². The van der Waals surface area contributed by atoms with Crippen LogP contribution in [0.5, 0.6) is 0 Å². The molecular weight excluding hydrogens is 372 g/mol. The molecule has 0 amide bonds. The molecule has 0 unspecified atom stereocenters. The smallest absolute Gasteiger partial charge is 0.344 e. The molecule has 0 saturated carbocycles. The third-order valence-electron chi connectivity index (χ3n) is 2.71. The molecule has 0 bridgehead atoms. The third-order valence-corrected chi connectivity index (χ3v) is 6.81. The summed E-state index contributed by atoms with van der Waals surface area (Å²) in [4.78, 5) is 13.2. The van der Waals surface area contributed by atoms with Gasteiger partial charge in [-0.25, -0.2) is 0 Å². The molecule has 0 N–H and O–H groups in total. The number of nitrogens with zero attached hydrogens (tertiary/aromatic N) is 1. The molecule has 0 aliphatic rings. The van der Waals surface area contributed by atoms with Gasteiger partial charge in [-0.1, -0.05) is 0 Å². The molecule has 11 heteroatoms. The molecule has 0 aliphatic carbocycles. The third kappa shape index (κ3) is 10.5. The first kappa shape index (κ1) is 24.7. The van der Waals surface area contributed by atoms with Crippen LogP contribution in [0.1, 0.15) is 34.6 Å². The topological polar surface area (TPSA) is 101 Å². The van der Waals surface area contributed by atoms with Crippen molar-refractivity contribution in [3.05, 3.63) is 0 Å². The quantitative estimate of drug-likeness (QED) is 0.301. The fourth-order valence-corrected chi connectivity index (χ4v) is 5.64. The Bertz CT molecular complexity index is 422. The van der Waals surface area contributed by atoms with Gasteiger partial charge in [-0.05, 0) is 34.6 Å². The molecule has 9 nitrogen and oxygen atoms in total. The first-order valence-electron chi connectivity index (χ1n) is 8.42. The number of esters is 1. The summed E-state index contributed by atoms with van der Waals surface area (Å²) in [6, 6.07) is 0. The van der Waals surface area contributed by atoms with E-state index in [2.05, 4.69) is 0 Å². The summed E-state index contributed by atoms with van der Waals surface area (Å²) >= 11 is 0. The minimum absolute atomic E-state index is 0.180. The highest BCUT2D eigenvalue weighted by Crippen LogP contribution is 2.52. The average molecular weight is 403 g/mol. The van der Waals surface area contributed by atoms with Gasteiger partial charge < -0.3 is 22.8 Å². The first-order valence-corrected chi connectivity index (χ1v) is 11.9. The first-order chi connectivity index (χ1) is 11.8. The van der Waals surface area contributed by atoms with Crippen LogP contribution in [0.3, 0.4) is 0 Å². The summed E-state index contributed by atoms with van der Waals surface area (Å²) in [6.45, 7) is 9.12. The number of ether oxygens (including phenoxy) is 1. The Morgan fingerprint density at radius 2 is 1.08 bits per heavy atom. The molecule has 0 atom stereocenters. The van der Waals surface area contributed by atoms with E-state index in [1.165, 1.54) is 4.90 Å². The predicted molar refractivity (Wildman–Crippen MR) is 94.8 cm³/mol. The van der Waals surface area contributed by atoms with E-state index in [1.807, 2.05) is 0 Å². The Balaban J connectivity index is 5.34. The van der Waals surface area contributed by atoms with Gasteiger partial charge in [-0.2, -0.15) is 0 Å². The Hall–Kier alpha value is -0.270. The van der Waals surface area contributed by atoms with Gasteiger partial charge in [-0.3, -0.25) is 18.8 Å². The number of rotatable bonds is 15. The van der Waals surface area contributed by atoms with E-state index in [9.17, 15) is 13.9 Å². The van der Waals surface area contributed by atoms with Crippen LogP contribution in [0.2, 0.25) is 0 Å². The Kier molecular flexibility index (Phi) is 12.8. The van der Waals surface area contributed by atoms with Crippen molar-refractivity contribution in [1.29, 1.82) is 0 Å². The van der Waals surface area contributed by atoms with E-state index in [0.29, 0.717) is 0 Å². The summed E-state index contributed by atoms with van der Waals surface area (Å²) in [7, 11) is -6.98. The molecule has 25 heavy (non-hydrogen) atoms. The van der Waals surface area contributed by atoms with Crippen LogP contribution < -0.4 is 0 Å². The maximum absolute atomic E-state index is 12.8. The molecule has 0 aromatic carbocycles. The van der Waals surface area contributed by atoms with Gasteiger partial charge in [0.2, 0.25) is 0 Å². The highest BCUT2D eigenvalue weighted by Gasteiger charge is 2.34. The molecular formula is C14H31NO8P2. The van der Waals surface area contributed by atoms with Crippen molar-refractivity contribution in [1.82, 2.24) is 4.90 Å². The van der Waals surface area contributed by atoms with E-state index in [1.54, 1.807) is 34.6 Å². The molecule has 0 fully saturated rings. The lowest BCUT2D eigenvalue weighted by Crippen LogP contribution is -2.34. The molecule has 0 aromatic rings. The largest absolute Gasteiger partial charge is 0.465 e. The van der Waals surface area contributed by atoms with Gasteiger partial charge in [-0.15, -0.1) is 0 Å². The van der Waals surface area contributed by atoms with Crippen LogP contribution in [0.4, 0.5) is 0 Å². The van der Waals surface area contributed by atoms with E-state index < -0.39 is 21.2 Å². The van der Waals surface area contributed by atoms with Crippen LogP contribution in [0, 0.1) is 0 Å². The maximum Gasteiger partial charge on any atom is 0.344 e. The van der Waals surface area contributed by atoms with Crippen molar-refractivity contribution in [2.45, 2.75) is 34.6 Å². The normalized spacial score (nSPS) is 12.6. The molecule has 0 rings (SSSR count). The summed E-state index contributed by atoms with van der Waals surface area (Å²) in [6.07, 6.45) is -0.449. The number of hydrogen-bond donors (Lipinski definition) is 0. The minimum atomic E-state index is -3.49. The Morgan fingerprint density at radius 3 is 1.36 bits per heavy atom. The Morgan fingerprint density at radius 1 is 0.720 bits per heavy atom. The molecule has 0 saturated heterocycles. The van der Waals surface area contributed by atoms with Crippen molar-refractivity contribution in [3.8, 4) is 0 Å². The van der Waals surface area contributed by atoms with Gasteiger partial charge in [0.05, 0.1) is 39.6 Å². The summed E-state index contributed by atoms with van der Waals surface area (Å²) in [5.41, 5.74) is 0. The molecule has 0 aromatic heterocycles. The molecule has 0 heterocycles. The lowest BCUT2D eigenvalue weighted by atomic mass is 10.6. The maximum atomic E-state index is 12.8. The highest BCUT2D eigenvalue weighted by molar-refractivity contribution is 7.54. The number of carbonyl (C=O) groups is 1.